The quantitative estimate of drug-likeness (QED) is 0.534. The average Bonchev–Trinajstić information content (AvgIpc) is 2.12. The molecule has 0 atom stereocenters. The predicted molar refractivity (Wildman–Crippen MR) is 51.7 cm³/mol. The molecule has 11 heavy (non-hydrogen) atoms. The lowest BCUT2D eigenvalue weighted by Gasteiger charge is -2.10. The van der Waals surface area contributed by atoms with E-state index in [1.165, 1.54) is 12.8 Å². The second-order valence-corrected chi connectivity index (χ2v) is 2.21. The molecule has 1 saturated heterocycles. The summed E-state index contributed by atoms with van der Waals surface area (Å²) in [5.74, 6) is 0.225. The lowest BCUT2D eigenvalue weighted by atomic mass is 10.4. The molecular weight excluding hydrogens is 138 g/mol. The number of likely N-dealkylation sites (tertiary alicyclic amines) is 1. The van der Waals surface area contributed by atoms with Crippen LogP contribution in [0.15, 0.2) is 0 Å². The second kappa shape index (κ2) is 7.58. The van der Waals surface area contributed by atoms with Crippen molar-refractivity contribution in [1.29, 1.82) is 0 Å². The van der Waals surface area contributed by atoms with Gasteiger partial charge >= 0.3 is 0 Å². The fraction of sp³-hybridized carbons (Fsp3) is 0.889. The molecule has 0 bridgehead atoms. The van der Waals surface area contributed by atoms with E-state index in [-0.39, 0.29) is 28.2 Å². The van der Waals surface area contributed by atoms with Gasteiger partial charge in [0.15, 0.2) is 0 Å². The fourth-order valence-electron chi connectivity index (χ4n) is 1.03. The number of nitrogens with zero attached hydrogens (tertiary/aromatic N) is 1. The van der Waals surface area contributed by atoms with E-state index >= 15 is 0 Å². The Morgan fingerprint density at radius 1 is 1.09 bits per heavy atom. The largest absolute Gasteiger partial charge is 0.343 e. The van der Waals surface area contributed by atoms with Gasteiger partial charge in [0.25, 0.3) is 0 Å². The van der Waals surface area contributed by atoms with E-state index < -0.39 is 0 Å². The Morgan fingerprint density at radius 3 is 1.64 bits per heavy atom. The van der Waals surface area contributed by atoms with Gasteiger partial charge in [-0.3, -0.25) is 4.79 Å². The van der Waals surface area contributed by atoms with Crippen LogP contribution in [-0.2, 0) is 4.79 Å². The second-order valence-electron chi connectivity index (χ2n) is 2.21. The van der Waals surface area contributed by atoms with E-state index in [1.54, 1.807) is 6.92 Å². The van der Waals surface area contributed by atoms with Gasteiger partial charge in [-0.15, -0.1) is 0 Å². The Labute approximate surface area is 71.6 Å². The van der Waals surface area contributed by atoms with E-state index in [4.69, 9.17) is 0 Å². The van der Waals surface area contributed by atoms with Crippen molar-refractivity contribution >= 4 is 5.91 Å². The maximum atomic E-state index is 10.6. The molecule has 0 radical (unpaired) electrons. The van der Waals surface area contributed by atoms with Crippen LogP contribution in [0.4, 0.5) is 0 Å². The van der Waals surface area contributed by atoms with Crippen LogP contribution in [0, 0.1) is 0 Å². The van der Waals surface area contributed by atoms with Gasteiger partial charge in [0, 0.05) is 20.0 Å². The van der Waals surface area contributed by atoms with Gasteiger partial charge < -0.3 is 4.90 Å². The van der Waals surface area contributed by atoms with Gasteiger partial charge in [0.05, 0.1) is 0 Å². The monoisotopic (exact) mass is 161 g/mol. The minimum Gasteiger partial charge on any atom is -0.343 e. The third kappa shape index (κ3) is 4.82. The number of rotatable bonds is 0. The minimum absolute atomic E-state index is 0. The van der Waals surface area contributed by atoms with Crippen LogP contribution in [0.1, 0.15) is 42.0 Å². The summed E-state index contributed by atoms with van der Waals surface area (Å²) in [5, 5.41) is 0. The third-order valence-electron chi connectivity index (χ3n) is 1.55. The first-order valence-electron chi connectivity index (χ1n) is 3.06. The van der Waals surface area contributed by atoms with Gasteiger partial charge in [-0.05, 0) is 12.8 Å². The standard InChI is InChI=1S/C6H11NO.3CH4/c1-6(8)7-4-2-3-5-7;;;/h2-5H2,1H3;3*1H4. The molecule has 1 fully saturated rings. The highest BCUT2D eigenvalue weighted by Gasteiger charge is 2.12. The smallest absolute Gasteiger partial charge is 0.219 e. The molecule has 1 rings (SSSR count). The normalized spacial score (nSPS) is 14.1. The topological polar surface area (TPSA) is 20.3 Å². The summed E-state index contributed by atoms with van der Waals surface area (Å²) in [6.07, 6.45) is 2.39. The molecular formula is C9H23NO. The highest BCUT2D eigenvalue weighted by Crippen LogP contribution is 2.05. The molecule has 0 aliphatic carbocycles. The Morgan fingerprint density at radius 2 is 1.45 bits per heavy atom. The predicted octanol–water partition coefficient (Wildman–Crippen LogP) is 2.54. The SMILES string of the molecule is C.C.C.CC(=O)N1CCCC1. The van der Waals surface area contributed by atoms with Crippen molar-refractivity contribution < 1.29 is 4.79 Å². The molecule has 1 heterocycles. The summed E-state index contributed by atoms with van der Waals surface area (Å²) in [7, 11) is 0. The van der Waals surface area contributed by atoms with E-state index in [2.05, 4.69) is 0 Å². The van der Waals surface area contributed by atoms with Gasteiger partial charge in [-0.1, -0.05) is 22.3 Å². The molecule has 1 aliphatic rings. The Balaban J connectivity index is -0.000000213. The molecule has 0 spiro atoms. The zero-order valence-corrected chi connectivity index (χ0v) is 5.18. The van der Waals surface area contributed by atoms with Crippen LogP contribution < -0.4 is 0 Å². The molecule has 1 amide bonds. The van der Waals surface area contributed by atoms with Crippen molar-refractivity contribution in [2.24, 2.45) is 0 Å². The molecule has 70 valence electrons. The first-order chi connectivity index (χ1) is 3.80. The number of amides is 1. The number of carbonyl (C=O) groups is 1. The summed E-state index contributed by atoms with van der Waals surface area (Å²) in [5.41, 5.74) is 0. The van der Waals surface area contributed by atoms with Crippen molar-refractivity contribution in [2.45, 2.75) is 42.0 Å². The van der Waals surface area contributed by atoms with Crippen molar-refractivity contribution in [1.82, 2.24) is 4.90 Å². The van der Waals surface area contributed by atoms with Crippen molar-refractivity contribution in [3.63, 3.8) is 0 Å². The van der Waals surface area contributed by atoms with E-state index in [0.29, 0.717) is 0 Å². The molecule has 0 saturated carbocycles. The Bertz CT molecular complexity index is 95.7. The lowest BCUT2D eigenvalue weighted by Crippen LogP contribution is -2.24. The third-order valence-corrected chi connectivity index (χ3v) is 1.55. The van der Waals surface area contributed by atoms with Crippen LogP contribution >= 0.6 is 0 Å². The summed E-state index contributed by atoms with van der Waals surface area (Å²) in [6.45, 7) is 3.59. The summed E-state index contributed by atoms with van der Waals surface area (Å²) in [4.78, 5) is 12.5. The van der Waals surface area contributed by atoms with E-state index in [9.17, 15) is 4.79 Å². The molecule has 0 aromatic rings. The number of hydrogen-bond acceptors (Lipinski definition) is 1. The van der Waals surface area contributed by atoms with Gasteiger partial charge in [0.1, 0.15) is 0 Å². The van der Waals surface area contributed by atoms with Gasteiger partial charge in [-0.2, -0.15) is 0 Å². The number of carbonyl (C=O) groups excluding carboxylic acids is 1. The van der Waals surface area contributed by atoms with E-state index in [0.717, 1.165) is 13.1 Å². The molecule has 0 aromatic heterocycles. The highest BCUT2D eigenvalue weighted by molar-refractivity contribution is 5.73. The van der Waals surface area contributed by atoms with Crippen molar-refractivity contribution in [3.05, 3.63) is 0 Å². The zero-order valence-electron chi connectivity index (χ0n) is 5.18. The molecule has 2 nitrogen and oxygen atoms in total. The zero-order chi connectivity index (χ0) is 5.98. The summed E-state index contributed by atoms with van der Waals surface area (Å²) < 4.78 is 0. The first-order valence-corrected chi connectivity index (χ1v) is 3.06. The molecule has 0 aromatic carbocycles. The van der Waals surface area contributed by atoms with Crippen LogP contribution in [-0.4, -0.2) is 23.9 Å². The lowest BCUT2D eigenvalue weighted by molar-refractivity contribution is -0.127. The van der Waals surface area contributed by atoms with Crippen molar-refractivity contribution in [2.75, 3.05) is 13.1 Å². The van der Waals surface area contributed by atoms with Crippen LogP contribution in [0.5, 0.6) is 0 Å². The maximum absolute atomic E-state index is 10.6. The molecule has 0 unspecified atom stereocenters. The average molecular weight is 161 g/mol. The molecule has 1 aliphatic heterocycles. The van der Waals surface area contributed by atoms with Gasteiger partial charge in [0.2, 0.25) is 5.91 Å². The Hall–Kier alpha value is -0.530. The summed E-state index contributed by atoms with van der Waals surface area (Å²) in [6, 6.07) is 0. The first kappa shape index (κ1) is 16.8. The van der Waals surface area contributed by atoms with Crippen molar-refractivity contribution in [3.8, 4) is 0 Å². The maximum Gasteiger partial charge on any atom is 0.219 e. The van der Waals surface area contributed by atoms with Crippen LogP contribution in [0.3, 0.4) is 0 Å². The van der Waals surface area contributed by atoms with Crippen LogP contribution in [0.25, 0.3) is 0 Å². The molecule has 0 N–H and O–H groups in total. The van der Waals surface area contributed by atoms with Crippen LogP contribution in [0.2, 0.25) is 0 Å². The Kier molecular flexibility index (Phi) is 11.6. The minimum atomic E-state index is 0. The highest BCUT2D eigenvalue weighted by atomic mass is 16.2. The van der Waals surface area contributed by atoms with Gasteiger partial charge in [-0.25, -0.2) is 0 Å². The van der Waals surface area contributed by atoms with E-state index in [1.807, 2.05) is 4.90 Å². The summed E-state index contributed by atoms with van der Waals surface area (Å²) >= 11 is 0. The molecule has 2 heteroatoms. The number of hydrogen-bond donors (Lipinski definition) is 0. The fourth-order valence-corrected chi connectivity index (χ4v) is 1.03.